The summed E-state index contributed by atoms with van der Waals surface area (Å²) in [4.78, 5) is 0. The third-order valence-electron chi connectivity index (χ3n) is 1.50. The number of rotatable bonds is 3. The first-order chi connectivity index (χ1) is 6.47. The fourth-order valence-corrected chi connectivity index (χ4v) is 1.37. The second-order valence-corrected chi connectivity index (χ2v) is 3.47. The van der Waals surface area contributed by atoms with Crippen LogP contribution in [-0.4, -0.2) is 6.36 Å². The quantitative estimate of drug-likeness (QED) is 0.721. The molecule has 0 saturated heterocycles. The van der Waals surface area contributed by atoms with E-state index in [0.717, 1.165) is 11.1 Å². The molecule has 0 unspecified atom stereocenters. The molecule has 0 amide bonds. The molecule has 0 bridgehead atoms. The molecule has 1 aromatic rings. The minimum Gasteiger partial charge on any atom is -0.220 e. The van der Waals surface area contributed by atoms with E-state index in [1.807, 2.05) is 19.1 Å². The van der Waals surface area contributed by atoms with Crippen molar-refractivity contribution in [2.45, 2.75) is 19.0 Å². The van der Waals surface area contributed by atoms with Gasteiger partial charge in [-0.05, 0) is 12.5 Å². The molecule has 5 heteroatoms. The van der Waals surface area contributed by atoms with E-state index in [0.29, 0.717) is 12.0 Å². The van der Waals surface area contributed by atoms with E-state index >= 15 is 0 Å². The van der Waals surface area contributed by atoms with Crippen LogP contribution >= 0.6 is 12.0 Å². The van der Waals surface area contributed by atoms with Gasteiger partial charge in [0.25, 0.3) is 0 Å². The van der Waals surface area contributed by atoms with Crippen LogP contribution in [0, 0.1) is 6.92 Å². The lowest BCUT2D eigenvalue weighted by Gasteiger charge is -2.05. The third kappa shape index (κ3) is 4.53. The molecule has 0 saturated carbocycles. The van der Waals surface area contributed by atoms with Gasteiger partial charge in [0.05, 0.1) is 0 Å². The van der Waals surface area contributed by atoms with E-state index in [2.05, 4.69) is 4.18 Å². The maximum atomic E-state index is 11.6. The van der Waals surface area contributed by atoms with E-state index in [4.69, 9.17) is 0 Å². The normalized spacial score (nSPS) is 11.7. The number of alkyl halides is 3. The smallest absolute Gasteiger partial charge is 0.220 e. The van der Waals surface area contributed by atoms with Gasteiger partial charge in [-0.15, -0.1) is 13.2 Å². The van der Waals surface area contributed by atoms with Gasteiger partial charge in [-0.25, -0.2) is 4.18 Å². The number of aryl methyl sites for hydroxylation is 1. The highest BCUT2D eigenvalue weighted by atomic mass is 32.2. The maximum absolute atomic E-state index is 11.6. The summed E-state index contributed by atoms with van der Waals surface area (Å²) in [5, 5.41) is 0. The Morgan fingerprint density at radius 3 is 2.29 bits per heavy atom. The molecule has 0 heterocycles. The molecule has 14 heavy (non-hydrogen) atoms. The molecule has 0 aromatic heterocycles. The van der Waals surface area contributed by atoms with E-state index in [1.165, 1.54) is 0 Å². The average molecular weight is 222 g/mol. The minimum absolute atomic E-state index is 0.194. The van der Waals surface area contributed by atoms with Gasteiger partial charge in [0.2, 0.25) is 0 Å². The lowest BCUT2D eigenvalue weighted by atomic mass is 10.2. The van der Waals surface area contributed by atoms with Crippen LogP contribution in [0.2, 0.25) is 0 Å². The number of hydrogen-bond acceptors (Lipinski definition) is 2. The molecule has 0 aliphatic heterocycles. The lowest BCUT2D eigenvalue weighted by Crippen LogP contribution is -2.07. The van der Waals surface area contributed by atoms with Crippen molar-refractivity contribution in [1.82, 2.24) is 0 Å². The van der Waals surface area contributed by atoms with Crippen molar-refractivity contribution in [3.05, 3.63) is 35.4 Å². The number of benzene rings is 1. The first-order valence-electron chi connectivity index (χ1n) is 3.90. The highest BCUT2D eigenvalue weighted by Gasteiger charge is 2.29. The summed E-state index contributed by atoms with van der Waals surface area (Å²) in [6.07, 6.45) is -4.56. The van der Waals surface area contributed by atoms with Gasteiger partial charge in [-0.1, -0.05) is 29.8 Å². The summed E-state index contributed by atoms with van der Waals surface area (Å²) in [5.74, 6) is 0.194. The molecule has 78 valence electrons. The van der Waals surface area contributed by atoms with Crippen molar-refractivity contribution in [3.8, 4) is 0 Å². The first-order valence-corrected chi connectivity index (χ1v) is 4.81. The van der Waals surface area contributed by atoms with E-state index in [1.54, 1.807) is 12.1 Å². The summed E-state index contributed by atoms with van der Waals surface area (Å²) in [6, 6.07) is 7.26. The number of halogens is 3. The van der Waals surface area contributed by atoms with Crippen LogP contribution in [0.3, 0.4) is 0 Å². The number of hydrogen-bond donors (Lipinski definition) is 0. The van der Waals surface area contributed by atoms with Gasteiger partial charge in [0, 0.05) is 17.8 Å². The molecule has 0 aliphatic carbocycles. The van der Waals surface area contributed by atoms with Crippen LogP contribution in [0.1, 0.15) is 11.1 Å². The fourth-order valence-electron chi connectivity index (χ4n) is 0.849. The van der Waals surface area contributed by atoms with Gasteiger partial charge in [-0.2, -0.15) is 0 Å². The molecule has 0 spiro atoms. The Labute approximate surface area is 84.5 Å². The van der Waals surface area contributed by atoms with Gasteiger partial charge in [-0.3, -0.25) is 0 Å². The molecule has 0 N–H and O–H groups in total. The monoisotopic (exact) mass is 222 g/mol. The Balaban J connectivity index is 2.35. The molecule has 1 nitrogen and oxygen atoms in total. The largest absolute Gasteiger partial charge is 0.533 e. The van der Waals surface area contributed by atoms with Crippen LogP contribution in [-0.2, 0) is 9.94 Å². The third-order valence-corrected chi connectivity index (χ3v) is 2.26. The zero-order valence-electron chi connectivity index (χ0n) is 7.47. The summed E-state index contributed by atoms with van der Waals surface area (Å²) in [5.41, 5.74) is 1.89. The zero-order chi connectivity index (χ0) is 10.6. The highest BCUT2D eigenvalue weighted by Crippen LogP contribution is 2.25. The van der Waals surface area contributed by atoms with Crippen molar-refractivity contribution >= 4 is 12.0 Å². The summed E-state index contributed by atoms with van der Waals surface area (Å²) in [7, 11) is 0. The van der Waals surface area contributed by atoms with E-state index in [-0.39, 0.29) is 5.75 Å². The lowest BCUT2D eigenvalue weighted by molar-refractivity contribution is -0.266. The van der Waals surface area contributed by atoms with Crippen LogP contribution < -0.4 is 0 Å². The second kappa shape index (κ2) is 4.70. The van der Waals surface area contributed by atoms with Crippen molar-refractivity contribution < 1.29 is 17.4 Å². The summed E-state index contributed by atoms with van der Waals surface area (Å²) >= 11 is 0.394. The molecule has 0 radical (unpaired) electrons. The summed E-state index contributed by atoms with van der Waals surface area (Å²) < 4.78 is 38.3. The molecular weight excluding hydrogens is 213 g/mol. The average Bonchev–Trinajstić information content (AvgIpc) is 2.06. The van der Waals surface area contributed by atoms with Gasteiger partial charge < -0.3 is 0 Å². The predicted octanol–water partition coefficient (Wildman–Crippen LogP) is 3.68. The molecule has 0 fully saturated rings. The van der Waals surface area contributed by atoms with Crippen molar-refractivity contribution in [1.29, 1.82) is 0 Å². The Kier molecular flexibility index (Phi) is 3.83. The molecular formula is C9H9F3OS. The van der Waals surface area contributed by atoms with E-state index in [9.17, 15) is 13.2 Å². The second-order valence-electron chi connectivity index (χ2n) is 2.78. The Morgan fingerprint density at radius 1 is 1.21 bits per heavy atom. The van der Waals surface area contributed by atoms with Gasteiger partial charge in [0.1, 0.15) is 0 Å². The maximum Gasteiger partial charge on any atom is 0.533 e. The molecule has 0 aliphatic rings. The standard InChI is InChI=1S/C9H9F3OS/c1-7-2-4-8(5-3-7)6-14-13-9(10,11)12/h2-5H,6H2,1H3. The van der Waals surface area contributed by atoms with Gasteiger partial charge >= 0.3 is 6.36 Å². The SMILES string of the molecule is Cc1ccc(CSOC(F)(F)F)cc1. The van der Waals surface area contributed by atoms with Crippen LogP contribution in [0.15, 0.2) is 24.3 Å². The predicted molar refractivity (Wildman–Crippen MR) is 49.6 cm³/mol. The van der Waals surface area contributed by atoms with Crippen LogP contribution in [0.4, 0.5) is 13.2 Å². The van der Waals surface area contributed by atoms with E-state index < -0.39 is 6.36 Å². The first kappa shape index (κ1) is 11.4. The molecule has 1 rings (SSSR count). The molecule has 0 atom stereocenters. The summed E-state index contributed by atoms with van der Waals surface area (Å²) in [6.45, 7) is 1.92. The minimum atomic E-state index is -4.56. The van der Waals surface area contributed by atoms with Crippen LogP contribution in [0.5, 0.6) is 0 Å². The fraction of sp³-hybridized carbons (Fsp3) is 0.333. The van der Waals surface area contributed by atoms with Crippen molar-refractivity contribution in [3.63, 3.8) is 0 Å². The Hall–Kier alpha value is -0.680. The molecule has 1 aromatic carbocycles. The zero-order valence-corrected chi connectivity index (χ0v) is 8.28. The van der Waals surface area contributed by atoms with Crippen molar-refractivity contribution in [2.75, 3.05) is 0 Å². The Bertz CT molecular complexity index is 281. The van der Waals surface area contributed by atoms with Crippen molar-refractivity contribution in [2.24, 2.45) is 0 Å². The topological polar surface area (TPSA) is 9.23 Å². The van der Waals surface area contributed by atoms with Crippen LogP contribution in [0.25, 0.3) is 0 Å². The Morgan fingerprint density at radius 2 is 1.79 bits per heavy atom. The van der Waals surface area contributed by atoms with Gasteiger partial charge in [0.15, 0.2) is 0 Å². The highest BCUT2D eigenvalue weighted by molar-refractivity contribution is 7.93.